The molecular weight excluding hydrogens is 158 g/mol. The van der Waals surface area contributed by atoms with Gasteiger partial charge in [0.15, 0.2) is 0 Å². The van der Waals surface area contributed by atoms with Crippen LogP contribution < -0.4 is 5.73 Å². The summed E-state index contributed by atoms with van der Waals surface area (Å²) in [6.45, 7) is 2.75. The maximum atomic E-state index is 5.41. The fraction of sp³-hybridized carbons (Fsp3) is 1.00. The molecule has 1 heterocycles. The highest BCUT2D eigenvalue weighted by Crippen LogP contribution is 2.21. The highest BCUT2D eigenvalue weighted by atomic mass is 32.2. The number of hydrogen-bond acceptors (Lipinski definition) is 3. The second kappa shape index (κ2) is 5.86. The van der Waals surface area contributed by atoms with Crippen LogP contribution in [-0.4, -0.2) is 30.8 Å². The second-order valence-electron chi connectivity index (χ2n) is 2.82. The first-order valence-corrected chi connectivity index (χ1v) is 5.38. The van der Waals surface area contributed by atoms with Crippen LogP contribution in [0.25, 0.3) is 0 Å². The van der Waals surface area contributed by atoms with Crippen LogP contribution in [-0.2, 0) is 4.74 Å². The van der Waals surface area contributed by atoms with Crippen molar-refractivity contribution in [3.63, 3.8) is 0 Å². The van der Waals surface area contributed by atoms with Gasteiger partial charge in [0.25, 0.3) is 0 Å². The lowest BCUT2D eigenvalue weighted by atomic mass is 10.2. The Balaban J connectivity index is 1.96. The van der Waals surface area contributed by atoms with E-state index in [-0.39, 0.29) is 0 Å². The lowest BCUT2D eigenvalue weighted by Gasteiger charge is -2.21. The summed E-state index contributed by atoms with van der Waals surface area (Å²) in [6.07, 6.45) is 3.62. The van der Waals surface area contributed by atoms with Crippen LogP contribution in [0.3, 0.4) is 0 Å². The van der Waals surface area contributed by atoms with Crippen LogP contribution in [0.1, 0.15) is 19.3 Å². The molecule has 0 atom stereocenters. The van der Waals surface area contributed by atoms with E-state index in [9.17, 15) is 0 Å². The molecule has 1 aliphatic rings. The number of rotatable bonds is 4. The van der Waals surface area contributed by atoms with Gasteiger partial charge >= 0.3 is 0 Å². The van der Waals surface area contributed by atoms with Gasteiger partial charge in [0.1, 0.15) is 0 Å². The minimum Gasteiger partial charge on any atom is -0.381 e. The summed E-state index contributed by atoms with van der Waals surface area (Å²) in [7, 11) is 0. The lowest BCUT2D eigenvalue weighted by molar-refractivity contribution is 0.100. The van der Waals surface area contributed by atoms with E-state index in [0.29, 0.717) is 0 Å². The van der Waals surface area contributed by atoms with Crippen molar-refractivity contribution in [1.82, 2.24) is 0 Å². The lowest BCUT2D eigenvalue weighted by Crippen LogP contribution is -2.18. The first-order chi connectivity index (χ1) is 5.43. The molecule has 0 bridgehead atoms. The summed E-state index contributed by atoms with van der Waals surface area (Å²) in [5, 5.41) is 0.843. The van der Waals surface area contributed by atoms with Crippen molar-refractivity contribution in [2.75, 3.05) is 25.5 Å². The first-order valence-electron chi connectivity index (χ1n) is 4.33. The minimum atomic E-state index is 0.830. The van der Waals surface area contributed by atoms with Crippen molar-refractivity contribution in [3.05, 3.63) is 0 Å². The van der Waals surface area contributed by atoms with Crippen molar-refractivity contribution in [2.24, 2.45) is 5.73 Å². The van der Waals surface area contributed by atoms with Crippen molar-refractivity contribution < 1.29 is 4.74 Å². The molecule has 0 unspecified atom stereocenters. The van der Waals surface area contributed by atoms with E-state index in [0.717, 1.165) is 31.4 Å². The van der Waals surface area contributed by atoms with E-state index >= 15 is 0 Å². The van der Waals surface area contributed by atoms with Crippen molar-refractivity contribution >= 4 is 11.8 Å². The zero-order valence-corrected chi connectivity index (χ0v) is 7.74. The third-order valence-electron chi connectivity index (χ3n) is 1.87. The Labute approximate surface area is 72.9 Å². The summed E-state index contributed by atoms with van der Waals surface area (Å²) in [5.41, 5.74) is 5.41. The third kappa shape index (κ3) is 3.99. The standard InChI is InChI=1S/C8H17NOS/c9-4-1-7-11-8-2-5-10-6-3-8/h8H,1-7,9H2. The average molecular weight is 175 g/mol. The van der Waals surface area contributed by atoms with Gasteiger partial charge in [-0.05, 0) is 31.6 Å². The van der Waals surface area contributed by atoms with Crippen LogP contribution in [0, 0.1) is 0 Å². The second-order valence-corrected chi connectivity index (χ2v) is 4.23. The van der Waals surface area contributed by atoms with Crippen molar-refractivity contribution in [1.29, 1.82) is 0 Å². The summed E-state index contributed by atoms with van der Waals surface area (Å²) >= 11 is 2.06. The smallest absolute Gasteiger partial charge is 0.0476 e. The Morgan fingerprint density at radius 1 is 1.36 bits per heavy atom. The molecule has 0 saturated carbocycles. The number of ether oxygens (including phenoxy) is 1. The van der Waals surface area contributed by atoms with E-state index in [1.807, 2.05) is 0 Å². The zero-order chi connectivity index (χ0) is 7.94. The Kier molecular flexibility index (Phi) is 4.99. The van der Waals surface area contributed by atoms with Gasteiger partial charge in [-0.15, -0.1) is 0 Å². The first kappa shape index (κ1) is 9.36. The van der Waals surface area contributed by atoms with Gasteiger partial charge in [0.2, 0.25) is 0 Å². The highest BCUT2D eigenvalue weighted by Gasteiger charge is 2.12. The van der Waals surface area contributed by atoms with Crippen molar-refractivity contribution in [3.8, 4) is 0 Å². The summed E-state index contributed by atoms with van der Waals surface area (Å²) < 4.78 is 5.27. The molecule has 11 heavy (non-hydrogen) atoms. The molecule has 1 rings (SSSR count). The average Bonchev–Trinajstić information content (AvgIpc) is 2.07. The van der Waals surface area contributed by atoms with E-state index in [2.05, 4.69) is 11.8 Å². The molecule has 66 valence electrons. The molecule has 0 radical (unpaired) electrons. The fourth-order valence-corrected chi connectivity index (χ4v) is 2.37. The molecule has 1 aliphatic heterocycles. The molecule has 2 nitrogen and oxygen atoms in total. The predicted octanol–water partition coefficient (Wildman–Crippen LogP) is 1.25. The molecule has 0 spiro atoms. The quantitative estimate of drug-likeness (QED) is 0.653. The van der Waals surface area contributed by atoms with Crippen LogP contribution in [0.4, 0.5) is 0 Å². The maximum absolute atomic E-state index is 5.41. The van der Waals surface area contributed by atoms with Gasteiger partial charge in [-0.3, -0.25) is 0 Å². The number of thioether (sulfide) groups is 1. The van der Waals surface area contributed by atoms with E-state index < -0.39 is 0 Å². The summed E-state index contributed by atoms with van der Waals surface area (Å²) in [4.78, 5) is 0. The molecule has 0 amide bonds. The molecule has 2 N–H and O–H groups in total. The monoisotopic (exact) mass is 175 g/mol. The molecule has 0 aliphatic carbocycles. The summed E-state index contributed by atoms with van der Waals surface area (Å²) in [6, 6.07) is 0. The number of nitrogens with two attached hydrogens (primary N) is 1. The van der Waals surface area contributed by atoms with Gasteiger partial charge in [0, 0.05) is 18.5 Å². The zero-order valence-electron chi connectivity index (χ0n) is 6.92. The highest BCUT2D eigenvalue weighted by molar-refractivity contribution is 7.99. The van der Waals surface area contributed by atoms with Gasteiger partial charge in [0.05, 0.1) is 0 Å². The summed E-state index contributed by atoms with van der Waals surface area (Å²) in [5.74, 6) is 1.22. The van der Waals surface area contributed by atoms with Gasteiger partial charge in [-0.2, -0.15) is 11.8 Å². The normalized spacial score (nSPS) is 20.5. The molecule has 3 heteroatoms. The van der Waals surface area contributed by atoms with E-state index in [1.54, 1.807) is 0 Å². The van der Waals surface area contributed by atoms with Gasteiger partial charge in [-0.1, -0.05) is 0 Å². The molecule has 0 aromatic carbocycles. The Hall–Kier alpha value is 0.270. The Morgan fingerprint density at radius 3 is 2.73 bits per heavy atom. The van der Waals surface area contributed by atoms with Crippen LogP contribution >= 0.6 is 11.8 Å². The van der Waals surface area contributed by atoms with Gasteiger partial charge in [-0.25, -0.2) is 0 Å². The van der Waals surface area contributed by atoms with Crippen LogP contribution in [0.5, 0.6) is 0 Å². The van der Waals surface area contributed by atoms with Gasteiger partial charge < -0.3 is 10.5 Å². The molecular formula is C8H17NOS. The van der Waals surface area contributed by atoms with Crippen LogP contribution in [0.15, 0.2) is 0 Å². The predicted molar refractivity (Wildman–Crippen MR) is 50.0 cm³/mol. The topological polar surface area (TPSA) is 35.2 Å². The van der Waals surface area contributed by atoms with E-state index in [1.165, 1.54) is 18.6 Å². The fourth-order valence-electron chi connectivity index (χ4n) is 1.18. The maximum Gasteiger partial charge on any atom is 0.0476 e. The Morgan fingerprint density at radius 2 is 2.09 bits per heavy atom. The molecule has 0 aromatic heterocycles. The molecule has 0 aromatic rings. The SMILES string of the molecule is NCCCSC1CCOCC1. The third-order valence-corrected chi connectivity index (χ3v) is 3.34. The number of hydrogen-bond donors (Lipinski definition) is 1. The van der Waals surface area contributed by atoms with Crippen molar-refractivity contribution in [2.45, 2.75) is 24.5 Å². The van der Waals surface area contributed by atoms with Crippen LogP contribution in [0.2, 0.25) is 0 Å². The largest absolute Gasteiger partial charge is 0.381 e. The molecule has 1 saturated heterocycles. The Bertz CT molecular complexity index is 94.1. The van der Waals surface area contributed by atoms with E-state index in [4.69, 9.17) is 10.5 Å². The minimum absolute atomic E-state index is 0.830. The molecule has 1 fully saturated rings.